The summed E-state index contributed by atoms with van der Waals surface area (Å²) in [5, 5.41) is 6.97. The van der Waals surface area contributed by atoms with Gasteiger partial charge in [-0.05, 0) is 0 Å². The van der Waals surface area contributed by atoms with Crippen LogP contribution in [0.25, 0.3) is 5.82 Å². The van der Waals surface area contributed by atoms with E-state index in [9.17, 15) is 4.79 Å². The minimum atomic E-state index is -0.632. The Hall–Kier alpha value is -2.22. The Morgan fingerprint density at radius 3 is 2.94 bits per heavy atom. The van der Waals surface area contributed by atoms with E-state index in [0.29, 0.717) is 11.8 Å². The van der Waals surface area contributed by atoms with Crippen LogP contribution in [0.15, 0.2) is 12.5 Å². The van der Waals surface area contributed by atoms with E-state index < -0.39 is 5.97 Å². The Morgan fingerprint density at radius 1 is 1.50 bits per heavy atom. The van der Waals surface area contributed by atoms with Crippen LogP contribution in [0.4, 0.5) is 5.95 Å². The normalized spacial score (nSPS) is 10.2. The van der Waals surface area contributed by atoms with E-state index in [2.05, 4.69) is 30.1 Å². The molecule has 0 atom stereocenters. The lowest BCUT2D eigenvalue weighted by molar-refractivity contribution is 0.0587. The summed E-state index contributed by atoms with van der Waals surface area (Å²) < 4.78 is 5.78. The Morgan fingerprint density at radius 2 is 2.28 bits per heavy atom. The molecule has 8 nitrogen and oxygen atoms in total. The molecule has 0 unspecified atom stereocenters. The monoisotopic (exact) mass is 268 g/mol. The number of hydrogen-bond donors (Lipinski definition) is 1. The number of ether oxygens (including phenoxy) is 1. The Kier molecular flexibility index (Phi) is 3.38. The molecule has 2 heterocycles. The van der Waals surface area contributed by atoms with Crippen LogP contribution < -0.4 is 5.32 Å². The molecule has 0 fully saturated rings. The maximum absolute atomic E-state index is 11.2. The van der Waals surface area contributed by atoms with Crippen LogP contribution in [-0.2, 0) is 4.74 Å². The van der Waals surface area contributed by atoms with E-state index in [1.165, 1.54) is 24.3 Å². The number of carbonyl (C=O) groups is 1. The van der Waals surface area contributed by atoms with Crippen LogP contribution in [0.3, 0.4) is 0 Å². The summed E-state index contributed by atoms with van der Waals surface area (Å²) in [5.74, 6) is -0.00542. The molecule has 0 aliphatic rings. The molecule has 0 aliphatic heterocycles. The molecule has 0 aromatic carbocycles. The van der Waals surface area contributed by atoms with E-state index in [0.717, 1.165) is 0 Å². The Balaban J connectivity index is 2.42. The number of nitrogens with one attached hydrogen (secondary N) is 1. The highest BCUT2D eigenvalue weighted by molar-refractivity contribution is 6.32. The number of hydrogen-bond acceptors (Lipinski definition) is 7. The van der Waals surface area contributed by atoms with Gasteiger partial charge >= 0.3 is 5.97 Å². The summed E-state index contributed by atoms with van der Waals surface area (Å²) in [6, 6.07) is 0. The minimum Gasteiger partial charge on any atom is -0.463 e. The summed E-state index contributed by atoms with van der Waals surface area (Å²) in [5.41, 5.74) is 0. The number of nitrogens with zero attached hydrogens (tertiary/aromatic N) is 5. The molecule has 0 radical (unpaired) electrons. The lowest BCUT2D eigenvalue weighted by Crippen LogP contribution is -2.07. The van der Waals surface area contributed by atoms with Crippen molar-refractivity contribution in [1.29, 1.82) is 0 Å². The van der Waals surface area contributed by atoms with Crippen molar-refractivity contribution in [3.05, 3.63) is 23.4 Å². The molecular formula is C9H9ClN6O2. The van der Waals surface area contributed by atoms with Crippen LogP contribution in [0.5, 0.6) is 0 Å². The average molecular weight is 269 g/mol. The summed E-state index contributed by atoms with van der Waals surface area (Å²) in [6.07, 6.45) is 2.75. The second kappa shape index (κ2) is 4.96. The number of carbonyl (C=O) groups excluding carboxylic acids is 1. The number of aromatic nitrogens is 5. The molecule has 0 aliphatic carbocycles. The maximum Gasteiger partial charge on any atom is 0.377 e. The van der Waals surface area contributed by atoms with Crippen molar-refractivity contribution in [3.63, 3.8) is 0 Å². The summed E-state index contributed by atoms with van der Waals surface area (Å²) in [7, 11) is 2.92. The number of esters is 1. The molecule has 2 aromatic heterocycles. The standard InChI is InChI=1S/C9H9ClN6O2/c1-11-9-12-3-5(10)7(14-9)16-4-13-6(15-16)8(17)18-2/h3-4H,1-2H3,(H,11,12,14). The molecule has 0 amide bonds. The largest absolute Gasteiger partial charge is 0.463 e. The van der Waals surface area contributed by atoms with E-state index >= 15 is 0 Å². The molecule has 94 valence electrons. The second-order valence-electron chi connectivity index (χ2n) is 3.12. The van der Waals surface area contributed by atoms with Crippen molar-refractivity contribution < 1.29 is 9.53 Å². The molecule has 18 heavy (non-hydrogen) atoms. The zero-order valence-electron chi connectivity index (χ0n) is 9.59. The van der Waals surface area contributed by atoms with Crippen molar-refractivity contribution in [1.82, 2.24) is 24.7 Å². The van der Waals surface area contributed by atoms with E-state index in [4.69, 9.17) is 11.6 Å². The van der Waals surface area contributed by atoms with E-state index in [-0.39, 0.29) is 10.8 Å². The van der Waals surface area contributed by atoms with E-state index in [1.807, 2.05) is 0 Å². The first-order chi connectivity index (χ1) is 8.65. The highest BCUT2D eigenvalue weighted by Gasteiger charge is 2.14. The van der Waals surface area contributed by atoms with Crippen LogP contribution in [0, 0.1) is 0 Å². The van der Waals surface area contributed by atoms with Gasteiger partial charge in [0.25, 0.3) is 5.82 Å². The van der Waals surface area contributed by atoms with Gasteiger partial charge < -0.3 is 10.1 Å². The van der Waals surface area contributed by atoms with Gasteiger partial charge in [0.15, 0.2) is 5.82 Å². The second-order valence-corrected chi connectivity index (χ2v) is 3.53. The third kappa shape index (κ3) is 2.23. The Bertz CT molecular complexity index is 584. The quantitative estimate of drug-likeness (QED) is 0.812. The van der Waals surface area contributed by atoms with Crippen LogP contribution in [0.1, 0.15) is 10.6 Å². The van der Waals surface area contributed by atoms with Crippen molar-refractivity contribution in [2.24, 2.45) is 0 Å². The van der Waals surface area contributed by atoms with Crippen LogP contribution in [-0.4, -0.2) is 44.9 Å². The first-order valence-corrected chi connectivity index (χ1v) is 5.24. The predicted octanol–water partition coefficient (Wildman–Crippen LogP) is 0.539. The predicted molar refractivity (Wildman–Crippen MR) is 62.8 cm³/mol. The fourth-order valence-electron chi connectivity index (χ4n) is 1.19. The van der Waals surface area contributed by atoms with Gasteiger partial charge in [-0.15, -0.1) is 5.10 Å². The van der Waals surface area contributed by atoms with Gasteiger partial charge in [-0.1, -0.05) is 11.6 Å². The third-order valence-corrected chi connectivity index (χ3v) is 2.29. The van der Waals surface area contributed by atoms with Crippen LogP contribution in [0.2, 0.25) is 5.02 Å². The molecule has 0 bridgehead atoms. The first-order valence-electron chi connectivity index (χ1n) is 4.86. The van der Waals surface area contributed by atoms with Gasteiger partial charge in [0.05, 0.1) is 13.3 Å². The summed E-state index contributed by atoms with van der Waals surface area (Å²) >= 11 is 5.95. The fourth-order valence-corrected chi connectivity index (χ4v) is 1.37. The van der Waals surface area contributed by atoms with Crippen molar-refractivity contribution >= 4 is 23.5 Å². The van der Waals surface area contributed by atoms with Gasteiger partial charge in [0.1, 0.15) is 11.3 Å². The number of anilines is 1. The molecule has 2 aromatic rings. The minimum absolute atomic E-state index is 0.0711. The highest BCUT2D eigenvalue weighted by Crippen LogP contribution is 2.17. The van der Waals surface area contributed by atoms with Gasteiger partial charge in [-0.25, -0.2) is 19.4 Å². The molecular weight excluding hydrogens is 260 g/mol. The zero-order chi connectivity index (χ0) is 13.1. The lowest BCUT2D eigenvalue weighted by atomic mass is 10.6. The smallest absolute Gasteiger partial charge is 0.377 e. The molecule has 0 spiro atoms. The van der Waals surface area contributed by atoms with Crippen molar-refractivity contribution in [3.8, 4) is 5.82 Å². The molecule has 0 saturated carbocycles. The van der Waals surface area contributed by atoms with Crippen LogP contribution >= 0.6 is 11.6 Å². The maximum atomic E-state index is 11.2. The van der Waals surface area contributed by atoms with Gasteiger partial charge in [-0.2, -0.15) is 4.98 Å². The third-order valence-electron chi connectivity index (χ3n) is 2.03. The van der Waals surface area contributed by atoms with Gasteiger partial charge in [0.2, 0.25) is 5.95 Å². The topological polar surface area (TPSA) is 94.8 Å². The summed E-state index contributed by atoms with van der Waals surface area (Å²) in [4.78, 5) is 23.1. The van der Waals surface area contributed by atoms with Crippen molar-refractivity contribution in [2.75, 3.05) is 19.5 Å². The summed E-state index contributed by atoms with van der Waals surface area (Å²) in [6.45, 7) is 0. The molecule has 1 N–H and O–H groups in total. The van der Waals surface area contributed by atoms with Gasteiger partial charge in [-0.3, -0.25) is 0 Å². The first kappa shape index (κ1) is 12.2. The van der Waals surface area contributed by atoms with Crippen molar-refractivity contribution in [2.45, 2.75) is 0 Å². The molecule has 0 saturated heterocycles. The highest BCUT2D eigenvalue weighted by atomic mass is 35.5. The lowest BCUT2D eigenvalue weighted by Gasteiger charge is -2.04. The Labute approximate surface area is 107 Å². The van der Waals surface area contributed by atoms with Gasteiger partial charge in [0, 0.05) is 7.05 Å². The number of halogens is 1. The number of rotatable bonds is 3. The SMILES string of the molecule is CNc1ncc(Cl)c(-n2cnc(C(=O)OC)n2)n1. The molecule has 2 rings (SSSR count). The average Bonchev–Trinajstić information content (AvgIpc) is 2.88. The number of methoxy groups -OCH3 is 1. The van der Waals surface area contributed by atoms with E-state index in [1.54, 1.807) is 7.05 Å². The fraction of sp³-hybridized carbons (Fsp3) is 0.222. The molecule has 9 heteroatoms. The zero-order valence-corrected chi connectivity index (χ0v) is 10.3.